The normalized spacial score (nSPS) is 11.6. The van der Waals surface area contributed by atoms with Crippen LogP contribution < -0.4 is 10.7 Å². The number of rotatable bonds is 2. The van der Waals surface area contributed by atoms with Crippen LogP contribution in [-0.2, 0) is 10.0 Å². The average Bonchev–Trinajstić information content (AvgIpc) is 2.09. The first-order chi connectivity index (χ1) is 5.97. The Balaban J connectivity index is 3.27. The lowest BCUT2D eigenvalue weighted by Crippen LogP contribution is -2.30. The third-order valence-corrected chi connectivity index (χ3v) is 3.67. The second-order valence-corrected chi connectivity index (χ2v) is 5.10. The number of hydrogen-bond acceptors (Lipinski definition) is 3. The first kappa shape index (κ1) is 10.6. The summed E-state index contributed by atoms with van der Waals surface area (Å²) in [5, 5.41) is 0. The lowest BCUT2D eigenvalue weighted by atomic mass is 10.2. The van der Waals surface area contributed by atoms with Crippen LogP contribution in [0.2, 0.25) is 0 Å². The molecule has 0 bridgehead atoms. The summed E-state index contributed by atoms with van der Waals surface area (Å²) in [5.74, 6) is 4.88. The molecule has 0 spiro atoms. The van der Waals surface area contributed by atoms with Crippen LogP contribution in [0, 0.1) is 6.92 Å². The molecule has 1 aromatic carbocycles. The highest BCUT2D eigenvalue weighted by atomic mass is 79.9. The minimum absolute atomic E-state index is 0.163. The third-order valence-electron chi connectivity index (χ3n) is 1.59. The van der Waals surface area contributed by atoms with Gasteiger partial charge >= 0.3 is 0 Å². The molecule has 0 fully saturated rings. The molecule has 0 unspecified atom stereocenters. The van der Waals surface area contributed by atoms with Crippen molar-refractivity contribution in [1.82, 2.24) is 4.83 Å². The first-order valence-corrected chi connectivity index (χ1v) is 5.73. The number of nitrogens with two attached hydrogens (primary N) is 1. The van der Waals surface area contributed by atoms with Crippen molar-refractivity contribution in [2.24, 2.45) is 5.84 Å². The average molecular weight is 265 g/mol. The molecule has 4 nitrogen and oxygen atoms in total. The van der Waals surface area contributed by atoms with Crippen molar-refractivity contribution in [3.8, 4) is 0 Å². The van der Waals surface area contributed by atoms with Gasteiger partial charge in [0.15, 0.2) is 0 Å². The summed E-state index contributed by atoms with van der Waals surface area (Å²) >= 11 is 3.27. The predicted octanol–water partition coefficient (Wildman–Crippen LogP) is 0.910. The molecule has 0 saturated carbocycles. The van der Waals surface area contributed by atoms with Crippen LogP contribution in [0.1, 0.15) is 5.56 Å². The maximum absolute atomic E-state index is 11.2. The van der Waals surface area contributed by atoms with Gasteiger partial charge in [-0.15, -0.1) is 0 Å². The number of benzene rings is 1. The van der Waals surface area contributed by atoms with Crippen LogP contribution >= 0.6 is 15.9 Å². The third kappa shape index (κ3) is 2.28. The molecule has 1 aromatic rings. The number of hydrazine groups is 1. The Morgan fingerprint density at radius 3 is 2.54 bits per heavy atom. The van der Waals surface area contributed by atoms with Gasteiger partial charge in [0, 0.05) is 4.47 Å². The zero-order chi connectivity index (χ0) is 10.1. The van der Waals surface area contributed by atoms with E-state index in [9.17, 15) is 8.42 Å². The van der Waals surface area contributed by atoms with E-state index < -0.39 is 10.0 Å². The number of halogens is 1. The number of hydrogen-bond donors (Lipinski definition) is 2. The second-order valence-electron chi connectivity index (χ2n) is 2.53. The molecule has 0 amide bonds. The van der Waals surface area contributed by atoms with Crippen LogP contribution in [0.5, 0.6) is 0 Å². The summed E-state index contributed by atoms with van der Waals surface area (Å²) in [6.45, 7) is 1.81. The van der Waals surface area contributed by atoms with Gasteiger partial charge in [0.2, 0.25) is 0 Å². The lowest BCUT2D eigenvalue weighted by molar-refractivity contribution is 0.584. The summed E-state index contributed by atoms with van der Waals surface area (Å²) in [6.07, 6.45) is 0. The van der Waals surface area contributed by atoms with Gasteiger partial charge in [-0.25, -0.2) is 8.42 Å². The van der Waals surface area contributed by atoms with Gasteiger partial charge < -0.3 is 0 Å². The van der Waals surface area contributed by atoms with Crippen molar-refractivity contribution in [3.05, 3.63) is 28.2 Å². The minimum Gasteiger partial charge on any atom is -0.257 e. The molecule has 0 atom stereocenters. The molecule has 3 N–H and O–H groups in total. The smallest absolute Gasteiger partial charge is 0.253 e. The van der Waals surface area contributed by atoms with Gasteiger partial charge in [-0.1, -0.05) is 15.9 Å². The van der Waals surface area contributed by atoms with Crippen molar-refractivity contribution in [1.29, 1.82) is 0 Å². The molecule has 6 heteroatoms. The molecule has 72 valence electrons. The van der Waals surface area contributed by atoms with E-state index in [0.717, 1.165) is 10.0 Å². The van der Waals surface area contributed by atoms with Crippen LogP contribution in [0.3, 0.4) is 0 Å². The topological polar surface area (TPSA) is 72.2 Å². The van der Waals surface area contributed by atoms with E-state index in [2.05, 4.69) is 15.9 Å². The second kappa shape index (κ2) is 3.75. The molecule has 0 radical (unpaired) electrons. The van der Waals surface area contributed by atoms with Crippen LogP contribution in [0.25, 0.3) is 0 Å². The van der Waals surface area contributed by atoms with Crippen LogP contribution in [-0.4, -0.2) is 8.42 Å². The molecular formula is C7H9BrN2O2S. The van der Waals surface area contributed by atoms with E-state index in [0.29, 0.717) is 0 Å². The summed E-state index contributed by atoms with van der Waals surface area (Å²) in [6, 6.07) is 4.69. The fraction of sp³-hybridized carbons (Fsp3) is 0.143. The zero-order valence-corrected chi connectivity index (χ0v) is 9.31. The van der Waals surface area contributed by atoms with Crippen molar-refractivity contribution in [2.45, 2.75) is 11.8 Å². The number of aryl methyl sites for hydroxylation is 1. The minimum atomic E-state index is -3.53. The van der Waals surface area contributed by atoms with E-state index >= 15 is 0 Å². The summed E-state index contributed by atoms with van der Waals surface area (Å²) in [4.78, 5) is 1.92. The Hall–Kier alpha value is -0.430. The van der Waals surface area contributed by atoms with Crippen LogP contribution in [0.15, 0.2) is 27.6 Å². The molecule has 0 aliphatic heterocycles. The fourth-order valence-electron chi connectivity index (χ4n) is 0.852. The number of nitrogens with one attached hydrogen (secondary N) is 1. The highest BCUT2D eigenvalue weighted by Crippen LogP contribution is 2.19. The maximum atomic E-state index is 11.2. The Morgan fingerprint density at radius 1 is 1.46 bits per heavy atom. The molecule has 0 heterocycles. The van der Waals surface area contributed by atoms with Gasteiger partial charge in [-0.05, 0) is 30.7 Å². The van der Waals surface area contributed by atoms with Crippen molar-refractivity contribution >= 4 is 26.0 Å². The van der Waals surface area contributed by atoms with Gasteiger partial charge in [0.25, 0.3) is 10.0 Å². The molecule has 0 aliphatic rings. The Bertz CT molecular complexity index is 417. The quantitative estimate of drug-likeness (QED) is 0.616. The highest BCUT2D eigenvalue weighted by molar-refractivity contribution is 9.10. The molecule has 13 heavy (non-hydrogen) atoms. The van der Waals surface area contributed by atoms with Crippen molar-refractivity contribution in [2.75, 3.05) is 0 Å². The number of sulfonamides is 1. The molecule has 0 aromatic heterocycles. The Kier molecular flexibility index (Phi) is 3.07. The maximum Gasteiger partial charge on any atom is 0.253 e. The Labute approximate surface area is 85.3 Å². The van der Waals surface area contributed by atoms with Gasteiger partial charge in [-0.2, -0.15) is 4.83 Å². The standard InChI is InChI=1S/C7H9BrN2O2S/c1-5-4-6(2-3-7(5)8)13(11,12)10-9/h2-4,10H,9H2,1H3. The van der Waals surface area contributed by atoms with Crippen LogP contribution in [0.4, 0.5) is 0 Å². The summed E-state index contributed by atoms with van der Waals surface area (Å²) < 4.78 is 23.3. The largest absolute Gasteiger partial charge is 0.257 e. The summed E-state index contributed by atoms with van der Waals surface area (Å²) in [5.41, 5.74) is 0.844. The summed E-state index contributed by atoms with van der Waals surface area (Å²) in [7, 11) is -3.53. The van der Waals surface area contributed by atoms with Crippen molar-refractivity contribution < 1.29 is 8.42 Å². The fourth-order valence-corrected chi connectivity index (χ4v) is 1.81. The first-order valence-electron chi connectivity index (χ1n) is 3.46. The van der Waals surface area contributed by atoms with Crippen molar-refractivity contribution in [3.63, 3.8) is 0 Å². The molecule has 0 saturated heterocycles. The Morgan fingerprint density at radius 2 is 2.08 bits per heavy atom. The zero-order valence-electron chi connectivity index (χ0n) is 6.91. The molecule has 1 rings (SSSR count). The van der Waals surface area contributed by atoms with Gasteiger partial charge in [-0.3, -0.25) is 5.84 Å². The monoisotopic (exact) mass is 264 g/mol. The SMILES string of the molecule is Cc1cc(S(=O)(=O)NN)ccc1Br. The van der Waals surface area contributed by atoms with E-state index in [4.69, 9.17) is 5.84 Å². The van der Waals surface area contributed by atoms with E-state index in [1.807, 2.05) is 0 Å². The van der Waals surface area contributed by atoms with Gasteiger partial charge in [0.1, 0.15) is 0 Å². The van der Waals surface area contributed by atoms with E-state index in [-0.39, 0.29) is 4.90 Å². The molecular weight excluding hydrogens is 256 g/mol. The predicted molar refractivity (Wildman–Crippen MR) is 53.4 cm³/mol. The van der Waals surface area contributed by atoms with Gasteiger partial charge in [0.05, 0.1) is 4.90 Å². The highest BCUT2D eigenvalue weighted by Gasteiger charge is 2.11. The lowest BCUT2D eigenvalue weighted by Gasteiger charge is -2.03. The van der Waals surface area contributed by atoms with E-state index in [1.54, 1.807) is 23.9 Å². The molecule has 0 aliphatic carbocycles. The van der Waals surface area contributed by atoms with E-state index in [1.165, 1.54) is 6.07 Å².